The molecule has 0 aliphatic carbocycles. The van der Waals surface area contributed by atoms with Crippen molar-refractivity contribution in [2.75, 3.05) is 6.54 Å². The first kappa shape index (κ1) is 23.9. The van der Waals surface area contributed by atoms with Gasteiger partial charge in [-0.2, -0.15) is 0 Å². The van der Waals surface area contributed by atoms with Crippen LogP contribution in [0, 0.1) is 0 Å². The maximum absolute atomic E-state index is 13.0. The van der Waals surface area contributed by atoms with Crippen molar-refractivity contribution in [3.05, 3.63) is 35.4 Å². The van der Waals surface area contributed by atoms with Crippen LogP contribution in [0.1, 0.15) is 49.5 Å². The summed E-state index contributed by atoms with van der Waals surface area (Å²) in [7, 11) is 0. The molecule has 1 rings (SSSR count). The summed E-state index contributed by atoms with van der Waals surface area (Å²) < 4.78 is 5.28. The number of guanidine groups is 1. The summed E-state index contributed by atoms with van der Waals surface area (Å²) in [4.78, 5) is 42.0. The van der Waals surface area contributed by atoms with E-state index in [9.17, 15) is 19.5 Å². The molecule has 7 N–H and O–H groups in total. The molecule has 0 spiro atoms. The van der Waals surface area contributed by atoms with Gasteiger partial charge in [0.2, 0.25) is 0 Å². The second kappa shape index (κ2) is 10.4. The van der Waals surface area contributed by atoms with E-state index in [1.807, 2.05) is 0 Å². The minimum absolute atomic E-state index is 0.0437. The van der Waals surface area contributed by atoms with Gasteiger partial charge in [0, 0.05) is 18.7 Å². The Balaban J connectivity index is 3.20. The third-order valence-corrected chi connectivity index (χ3v) is 3.77. The summed E-state index contributed by atoms with van der Waals surface area (Å²) in [6.07, 6.45) is -0.842. The number of amides is 2. The van der Waals surface area contributed by atoms with Crippen LogP contribution < -0.4 is 17.2 Å². The highest BCUT2D eigenvalue weighted by atomic mass is 16.6. The molecular formula is C19H29N5O5. The van der Waals surface area contributed by atoms with E-state index in [0.717, 1.165) is 5.56 Å². The number of aliphatic carboxylic acids is 1. The first-order valence-electron chi connectivity index (χ1n) is 9.10. The molecular weight excluding hydrogens is 378 g/mol. The fourth-order valence-electron chi connectivity index (χ4n) is 2.44. The number of rotatable bonds is 8. The molecule has 0 heterocycles. The van der Waals surface area contributed by atoms with Gasteiger partial charge in [0.15, 0.2) is 5.96 Å². The van der Waals surface area contributed by atoms with Crippen molar-refractivity contribution < 1.29 is 24.2 Å². The lowest BCUT2D eigenvalue weighted by Crippen LogP contribution is -2.50. The minimum Gasteiger partial charge on any atom is -0.480 e. The molecule has 0 unspecified atom stereocenters. The molecule has 160 valence electrons. The average molecular weight is 407 g/mol. The number of imide groups is 1. The molecule has 0 bridgehead atoms. The molecule has 0 radical (unpaired) electrons. The predicted octanol–water partition coefficient (Wildman–Crippen LogP) is 1.03. The molecule has 0 fully saturated rings. The van der Waals surface area contributed by atoms with E-state index in [2.05, 4.69) is 4.99 Å². The Labute approximate surface area is 169 Å². The van der Waals surface area contributed by atoms with E-state index >= 15 is 0 Å². The molecule has 1 aromatic rings. The Morgan fingerprint density at radius 2 is 1.76 bits per heavy atom. The number of hydrogen-bond donors (Lipinski definition) is 4. The van der Waals surface area contributed by atoms with E-state index in [1.54, 1.807) is 32.9 Å². The SMILES string of the molecule is CC(C)(C)OC(=O)N(C(=O)c1ccc(CN)cc1)[C@@H](CCCN=C(N)N)C(=O)O. The quantitative estimate of drug-likeness (QED) is 0.281. The van der Waals surface area contributed by atoms with Gasteiger partial charge in [-0.05, 0) is 51.3 Å². The molecule has 0 aliphatic heterocycles. The van der Waals surface area contributed by atoms with Crippen LogP contribution in [0.3, 0.4) is 0 Å². The van der Waals surface area contributed by atoms with Gasteiger partial charge in [0.05, 0.1) is 0 Å². The highest BCUT2D eigenvalue weighted by Crippen LogP contribution is 2.19. The van der Waals surface area contributed by atoms with Crippen LogP contribution in [0.2, 0.25) is 0 Å². The van der Waals surface area contributed by atoms with Crippen LogP contribution in [0.25, 0.3) is 0 Å². The summed E-state index contributed by atoms with van der Waals surface area (Å²) in [5, 5.41) is 9.67. The number of aliphatic imine (C=N–C) groups is 1. The Morgan fingerprint density at radius 3 is 2.21 bits per heavy atom. The fourth-order valence-corrected chi connectivity index (χ4v) is 2.44. The topological polar surface area (TPSA) is 174 Å². The smallest absolute Gasteiger partial charge is 0.418 e. The summed E-state index contributed by atoms with van der Waals surface area (Å²) in [5.41, 5.74) is 16.1. The maximum atomic E-state index is 13.0. The van der Waals surface area contributed by atoms with Gasteiger partial charge in [-0.1, -0.05) is 12.1 Å². The van der Waals surface area contributed by atoms with Crippen molar-refractivity contribution in [1.82, 2.24) is 4.90 Å². The van der Waals surface area contributed by atoms with Gasteiger partial charge in [-0.15, -0.1) is 0 Å². The van der Waals surface area contributed by atoms with E-state index < -0.39 is 29.6 Å². The van der Waals surface area contributed by atoms with E-state index in [1.165, 1.54) is 12.1 Å². The monoisotopic (exact) mass is 407 g/mol. The summed E-state index contributed by atoms with van der Waals surface area (Å²) >= 11 is 0. The van der Waals surface area contributed by atoms with Crippen molar-refractivity contribution in [3.63, 3.8) is 0 Å². The minimum atomic E-state index is -1.44. The van der Waals surface area contributed by atoms with E-state index in [0.29, 0.717) is 4.90 Å². The van der Waals surface area contributed by atoms with Crippen molar-refractivity contribution in [1.29, 1.82) is 0 Å². The molecule has 0 saturated heterocycles. The van der Waals surface area contributed by atoms with Crippen LogP contribution in [0.5, 0.6) is 0 Å². The van der Waals surface area contributed by atoms with Gasteiger partial charge < -0.3 is 27.0 Å². The Hall–Kier alpha value is -3.14. The normalized spacial score (nSPS) is 12.0. The third-order valence-electron chi connectivity index (χ3n) is 3.77. The van der Waals surface area contributed by atoms with Crippen LogP contribution in [-0.4, -0.2) is 52.1 Å². The number of nitrogens with zero attached hydrogens (tertiary/aromatic N) is 2. The van der Waals surface area contributed by atoms with Gasteiger partial charge in [-0.25, -0.2) is 14.5 Å². The lowest BCUT2D eigenvalue weighted by Gasteiger charge is -2.30. The van der Waals surface area contributed by atoms with Crippen molar-refractivity contribution in [2.45, 2.75) is 51.8 Å². The molecule has 10 heteroatoms. The highest BCUT2D eigenvalue weighted by molar-refractivity contribution is 6.05. The summed E-state index contributed by atoms with van der Waals surface area (Å²) in [6.45, 7) is 5.31. The maximum Gasteiger partial charge on any atom is 0.418 e. The fraction of sp³-hybridized carbons (Fsp3) is 0.474. The number of carbonyl (C=O) groups excluding carboxylic acids is 2. The lowest BCUT2D eigenvalue weighted by atomic mass is 10.1. The van der Waals surface area contributed by atoms with E-state index in [-0.39, 0.29) is 37.5 Å². The number of carboxylic acids is 1. The van der Waals surface area contributed by atoms with Crippen LogP contribution in [0.4, 0.5) is 4.79 Å². The number of carboxylic acid groups (broad SMARTS) is 1. The Morgan fingerprint density at radius 1 is 1.17 bits per heavy atom. The van der Waals surface area contributed by atoms with Gasteiger partial charge >= 0.3 is 12.1 Å². The van der Waals surface area contributed by atoms with Crippen molar-refractivity contribution in [2.24, 2.45) is 22.2 Å². The van der Waals surface area contributed by atoms with Crippen molar-refractivity contribution >= 4 is 23.9 Å². The molecule has 2 amide bonds. The molecule has 0 saturated carbocycles. The predicted molar refractivity (Wildman–Crippen MR) is 108 cm³/mol. The molecule has 0 aliphatic rings. The second-order valence-electron chi connectivity index (χ2n) is 7.36. The molecule has 1 atom stereocenters. The first-order chi connectivity index (χ1) is 13.5. The van der Waals surface area contributed by atoms with Crippen LogP contribution in [0.15, 0.2) is 29.3 Å². The van der Waals surface area contributed by atoms with E-state index in [4.69, 9.17) is 21.9 Å². The Bertz CT molecular complexity index is 751. The van der Waals surface area contributed by atoms with Crippen LogP contribution in [-0.2, 0) is 16.1 Å². The summed E-state index contributed by atoms with van der Waals surface area (Å²) in [6, 6.07) is 4.80. The first-order valence-corrected chi connectivity index (χ1v) is 9.10. The molecule has 0 aromatic heterocycles. The van der Waals surface area contributed by atoms with Gasteiger partial charge in [-0.3, -0.25) is 9.79 Å². The van der Waals surface area contributed by atoms with Gasteiger partial charge in [0.1, 0.15) is 11.6 Å². The average Bonchev–Trinajstić information content (AvgIpc) is 2.61. The number of ether oxygens (including phenoxy) is 1. The third kappa shape index (κ3) is 7.78. The highest BCUT2D eigenvalue weighted by Gasteiger charge is 2.37. The molecule has 29 heavy (non-hydrogen) atoms. The van der Waals surface area contributed by atoms with Gasteiger partial charge in [0.25, 0.3) is 5.91 Å². The number of carbonyl (C=O) groups is 3. The molecule has 1 aromatic carbocycles. The number of benzene rings is 1. The Kier molecular flexibility index (Phi) is 8.58. The second-order valence-corrected chi connectivity index (χ2v) is 7.36. The van der Waals surface area contributed by atoms with Crippen molar-refractivity contribution in [3.8, 4) is 0 Å². The number of hydrogen-bond acceptors (Lipinski definition) is 6. The number of nitrogens with two attached hydrogens (primary N) is 3. The summed E-state index contributed by atoms with van der Waals surface area (Å²) in [5.74, 6) is -2.25. The standard InChI is InChI=1S/C19H29N5O5/c1-19(2,3)29-18(28)24(14(16(26)27)5-4-10-23-17(21)22)15(25)13-8-6-12(11-20)7-9-13/h6-9,14H,4-5,10-11,20H2,1-3H3,(H,26,27)(H4,21,22,23)/t14-/m0/s1. The largest absolute Gasteiger partial charge is 0.480 e. The van der Waals surface area contributed by atoms with Crippen LogP contribution >= 0.6 is 0 Å². The molecule has 10 nitrogen and oxygen atoms in total. The zero-order valence-corrected chi connectivity index (χ0v) is 16.9. The zero-order valence-electron chi connectivity index (χ0n) is 16.9. The zero-order chi connectivity index (χ0) is 22.2. The lowest BCUT2D eigenvalue weighted by molar-refractivity contribution is -0.142.